The number of rotatable bonds is 1. The fourth-order valence-electron chi connectivity index (χ4n) is 2.35. The molecule has 1 saturated heterocycles. The minimum Gasteiger partial charge on any atom is -0.317 e. The van der Waals surface area contributed by atoms with E-state index in [9.17, 15) is 9.59 Å². The predicted molar refractivity (Wildman–Crippen MR) is 62.1 cm³/mol. The van der Waals surface area contributed by atoms with Gasteiger partial charge in [0.05, 0.1) is 6.33 Å². The number of imidazole rings is 1. The van der Waals surface area contributed by atoms with Crippen LogP contribution in [-0.4, -0.2) is 32.6 Å². The molecule has 1 aliphatic heterocycles. The number of aromatic nitrogens is 4. The van der Waals surface area contributed by atoms with Crippen LogP contribution in [0.5, 0.6) is 0 Å². The SMILES string of the molecule is O=c1[nH]cnc2c1[nH]c(=O)n2C1CCNCC1. The highest BCUT2D eigenvalue weighted by molar-refractivity contribution is 5.68. The summed E-state index contributed by atoms with van der Waals surface area (Å²) in [5.41, 5.74) is 0.151. The average molecular weight is 235 g/mol. The van der Waals surface area contributed by atoms with Gasteiger partial charge < -0.3 is 10.3 Å². The lowest BCUT2D eigenvalue weighted by molar-refractivity contribution is 0.367. The van der Waals surface area contributed by atoms with E-state index in [0.717, 1.165) is 25.9 Å². The van der Waals surface area contributed by atoms with Crippen molar-refractivity contribution in [2.75, 3.05) is 13.1 Å². The Kier molecular flexibility index (Phi) is 2.32. The summed E-state index contributed by atoms with van der Waals surface area (Å²) in [4.78, 5) is 32.5. The number of nitrogens with one attached hydrogen (secondary N) is 3. The highest BCUT2D eigenvalue weighted by atomic mass is 16.2. The Balaban J connectivity index is 2.21. The normalized spacial score (nSPS) is 17.6. The summed E-state index contributed by atoms with van der Waals surface area (Å²) in [6, 6.07) is 0.117. The highest BCUT2D eigenvalue weighted by Gasteiger charge is 2.21. The number of H-pyrrole nitrogens is 2. The third kappa shape index (κ3) is 1.59. The van der Waals surface area contributed by atoms with E-state index in [1.54, 1.807) is 4.57 Å². The topological polar surface area (TPSA) is 95.6 Å². The first kappa shape index (κ1) is 10.3. The lowest BCUT2D eigenvalue weighted by atomic mass is 10.1. The first-order chi connectivity index (χ1) is 8.27. The van der Waals surface area contributed by atoms with Gasteiger partial charge >= 0.3 is 5.69 Å². The number of piperidine rings is 1. The van der Waals surface area contributed by atoms with Crippen LogP contribution in [0.1, 0.15) is 18.9 Å². The second-order valence-corrected chi connectivity index (χ2v) is 4.21. The molecule has 17 heavy (non-hydrogen) atoms. The van der Waals surface area contributed by atoms with Gasteiger partial charge in [-0.25, -0.2) is 9.78 Å². The molecule has 0 radical (unpaired) electrons. The molecule has 0 unspecified atom stereocenters. The predicted octanol–water partition coefficient (Wildman–Crippen LogP) is -0.663. The second kappa shape index (κ2) is 3.85. The van der Waals surface area contributed by atoms with Crippen molar-refractivity contribution < 1.29 is 0 Å². The lowest BCUT2D eigenvalue weighted by Gasteiger charge is -2.23. The Labute approximate surface area is 95.9 Å². The molecule has 1 fully saturated rings. The van der Waals surface area contributed by atoms with Crippen molar-refractivity contribution in [3.8, 4) is 0 Å². The molecule has 0 amide bonds. The maximum atomic E-state index is 11.9. The highest BCUT2D eigenvalue weighted by Crippen LogP contribution is 2.19. The van der Waals surface area contributed by atoms with Crippen LogP contribution in [0.4, 0.5) is 0 Å². The van der Waals surface area contributed by atoms with Crippen LogP contribution in [0.15, 0.2) is 15.9 Å². The van der Waals surface area contributed by atoms with Gasteiger partial charge in [0.2, 0.25) is 0 Å². The van der Waals surface area contributed by atoms with E-state index in [2.05, 4.69) is 20.3 Å². The molecule has 7 nitrogen and oxygen atoms in total. The van der Waals surface area contributed by atoms with Crippen LogP contribution >= 0.6 is 0 Å². The standard InChI is InChI=1S/C10H13N5O2/c16-9-7-8(12-5-13-9)15(10(17)14-7)6-1-3-11-4-2-6/h5-6,11H,1-4H2,(H,14,17)(H,12,13,16). The second-order valence-electron chi connectivity index (χ2n) is 4.21. The van der Waals surface area contributed by atoms with E-state index < -0.39 is 0 Å². The smallest absolute Gasteiger partial charge is 0.317 e. The molecule has 0 aliphatic carbocycles. The molecule has 7 heteroatoms. The summed E-state index contributed by atoms with van der Waals surface area (Å²) in [6.07, 6.45) is 3.08. The Morgan fingerprint density at radius 1 is 1.29 bits per heavy atom. The fourth-order valence-corrected chi connectivity index (χ4v) is 2.35. The molecule has 90 valence electrons. The van der Waals surface area contributed by atoms with Crippen LogP contribution in [-0.2, 0) is 0 Å². The van der Waals surface area contributed by atoms with Crippen molar-refractivity contribution in [1.82, 2.24) is 24.8 Å². The summed E-state index contributed by atoms with van der Waals surface area (Å²) in [5.74, 6) is 0. The molecule has 1 aliphatic rings. The third-order valence-electron chi connectivity index (χ3n) is 3.19. The first-order valence-corrected chi connectivity index (χ1v) is 5.66. The van der Waals surface area contributed by atoms with Crippen molar-refractivity contribution in [1.29, 1.82) is 0 Å². The Morgan fingerprint density at radius 3 is 2.82 bits per heavy atom. The van der Waals surface area contributed by atoms with Crippen molar-refractivity contribution >= 4 is 11.2 Å². The monoisotopic (exact) mass is 235 g/mol. The maximum Gasteiger partial charge on any atom is 0.328 e. The zero-order valence-corrected chi connectivity index (χ0v) is 9.19. The van der Waals surface area contributed by atoms with E-state index in [4.69, 9.17) is 0 Å². The van der Waals surface area contributed by atoms with Gasteiger partial charge in [-0.15, -0.1) is 0 Å². The summed E-state index contributed by atoms with van der Waals surface area (Å²) >= 11 is 0. The Hall–Kier alpha value is -1.89. The van der Waals surface area contributed by atoms with Crippen molar-refractivity contribution in [2.24, 2.45) is 0 Å². The van der Waals surface area contributed by atoms with E-state index >= 15 is 0 Å². The summed E-state index contributed by atoms with van der Waals surface area (Å²) < 4.78 is 1.60. The van der Waals surface area contributed by atoms with Gasteiger partial charge in [-0.2, -0.15) is 0 Å². The number of aromatic amines is 2. The van der Waals surface area contributed by atoms with E-state index in [1.807, 2.05) is 0 Å². The fraction of sp³-hybridized carbons (Fsp3) is 0.500. The summed E-state index contributed by atoms with van der Waals surface area (Å²) in [5, 5.41) is 3.24. The largest absolute Gasteiger partial charge is 0.328 e. The lowest BCUT2D eigenvalue weighted by Crippen LogP contribution is -2.33. The van der Waals surface area contributed by atoms with E-state index in [0.29, 0.717) is 5.65 Å². The van der Waals surface area contributed by atoms with Crippen LogP contribution in [0, 0.1) is 0 Å². The summed E-state index contributed by atoms with van der Waals surface area (Å²) in [6.45, 7) is 1.76. The molecule has 0 bridgehead atoms. The molecule has 0 spiro atoms. The first-order valence-electron chi connectivity index (χ1n) is 5.66. The molecular weight excluding hydrogens is 222 g/mol. The summed E-state index contributed by atoms with van der Waals surface area (Å²) in [7, 11) is 0. The molecule has 2 aromatic heterocycles. The molecule has 3 heterocycles. The van der Waals surface area contributed by atoms with E-state index in [1.165, 1.54) is 6.33 Å². The van der Waals surface area contributed by atoms with Crippen molar-refractivity contribution in [3.63, 3.8) is 0 Å². The van der Waals surface area contributed by atoms with Crippen LogP contribution in [0.2, 0.25) is 0 Å². The van der Waals surface area contributed by atoms with E-state index in [-0.39, 0.29) is 22.8 Å². The minimum atomic E-state index is -0.306. The molecular formula is C10H13N5O2. The van der Waals surface area contributed by atoms with Crippen molar-refractivity contribution in [3.05, 3.63) is 27.2 Å². The quantitative estimate of drug-likeness (QED) is 0.611. The molecule has 0 saturated carbocycles. The average Bonchev–Trinajstić information content (AvgIpc) is 2.68. The molecule has 0 atom stereocenters. The third-order valence-corrected chi connectivity index (χ3v) is 3.19. The van der Waals surface area contributed by atoms with Gasteiger partial charge in [-0.3, -0.25) is 14.3 Å². The zero-order valence-electron chi connectivity index (χ0n) is 9.19. The van der Waals surface area contributed by atoms with Gasteiger partial charge in [0.1, 0.15) is 0 Å². The minimum absolute atomic E-state index is 0.117. The zero-order chi connectivity index (χ0) is 11.8. The van der Waals surface area contributed by atoms with Gasteiger partial charge in [0, 0.05) is 6.04 Å². The number of nitrogens with zero attached hydrogens (tertiary/aromatic N) is 2. The molecule has 0 aromatic carbocycles. The number of hydrogen-bond donors (Lipinski definition) is 3. The molecule has 3 rings (SSSR count). The van der Waals surface area contributed by atoms with Crippen LogP contribution in [0.3, 0.4) is 0 Å². The van der Waals surface area contributed by atoms with Crippen LogP contribution in [0.25, 0.3) is 11.2 Å². The molecule has 3 N–H and O–H groups in total. The Morgan fingerprint density at radius 2 is 2.06 bits per heavy atom. The van der Waals surface area contributed by atoms with Gasteiger partial charge in [0.25, 0.3) is 5.56 Å². The van der Waals surface area contributed by atoms with Gasteiger partial charge in [-0.1, -0.05) is 0 Å². The van der Waals surface area contributed by atoms with Crippen molar-refractivity contribution in [2.45, 2.75) is 18.9 Å². The molecule has 2 aromatic rings. The van der Waals surface area contributed by atoms with Crippen LogP contribution < -0.4 is 16.6 Å². The number of fused-ring (bicyclic) bond motifs is 1. The van der Waals surface area contributed by atoms with Gasteiger partial charge in [-0.05, 0) is 25.9 Å². The van der Waals surface area contributed by atoms with Gasteiger partial charge in [0.15, 0.2) is 11.2 Å². The Bertz CT molecular complexity index is 646. The number of hydrogen-bond acceptors (Lipinski definition) is 4. The maximum absolute atomic E-state index is 11.9.